The number of nitrogens with one attached hydrogen (secondary N) is 2. The molecule has 0 fully saturated rings. The van der Waals surface area contributed by atoms with Crippen LogP contribution in [0.2, 0.25) is 0 Å². The van der Waals surface area contributed by atoms with Gasteiger partial charge in [-0.2, -0.15) is 0 Å². The predicted octanol–water partition coefficient (Wildman–Crippen LogP) is 4.87. The minimum absolute atomic E-state index is 0.199. The Labute approximate surface area is 191 Å². The minimum atomic E-state index is -0.378. The molecule has 2 N–H and O–H groups in total. The van der Waals surface area contributed by atoms with Gasteiger partial charge in [0.05, 0.1) is 17.3 Å². The second kappa shape index (κ2) is 10.1. The molecule has 0 aliphatic rings. The van der Waals surface area contributed by atoms with Crippen molar-refractivity contribution >= 4 is 34.5 Å². The van der Waals surface area contributed by atoms with Crippen LogP contribution in [0.5, 0.6) is 0 Å². The quantitative estimate of drug-likeness (QED) is 0.358. The van der Waals surface area contributed by atoms with Gasteiger partial charge in [-0.1, -0.05) is 18.2 Å². The van der Waals surface area contributed by atoms with E-state index in [1.807, 2.05) is 42.7 Å². The number of furan rings is 1. The van der Waals surface area contributed by atoms with Crippen LogP contribution in [0.1, 0.15) is 39.8 Å². The number of aryl methyl sites for hydroxylation is 2. The van der Waals surface area contributed by atoms with E-state index >= 15 is 0 Å². The van der Waals surface area contributed by atoms with E-state index in [1.54, 1.807) is 30.3 Å². The first-order chi connectivity index (χ1) is 16.1. The molecule has 2 amide bonds. The van der Waals surface area contributed by atoms with Gasteiger partial charge < -0.3 is 19.0 Å². The number of nitrogens with zero attached hydrogens (tertiary/aromatic N) is 2. The Bertz CT molecular complexity index is 1260. The highest BCUT2D eigenvalue weighted by molar-refractivity contribution is 6.07. The van der Waals surface area contributed by atoms with Gasteiger partial charge in [-0.05, 0) is 62.2 Å². The van der Waals surface area contributed by atoms with E-state index in [0.29, 0.717) is 37.0 Å². The number of benzene rings is 2. The molecule has 0 atom stereocenters. The number of hydrogen-bond donors (Lipinski definition) is 2. The van der Waals surface area contributed by atoms with Gasteiger partial charge in [0.15, 0.2) is 5.76 Å². The summed E-state index contributed by atoms with van der Waals surface area (Å²) < 4.78 is 12.6. The maximum absolute atomic E-state index is 13.1. The van der Waals surface area contributed by atoms with E-state index in [-0.39, 0.29) is 17.6 Å². The van der Waals surface area contributed by atoms with Gasteiger partial charge in [0.2, 0.25) is 5.95 Å². The molecule has 2 aromatic heterocycles. The van der Waals surface area contributed by atoms with Crippen molar-refractivity contribution in [3.05, 3.63) is 77.7 Å². The number of carbonyl (C=O) groups is 2. The van der Waals surface area contributed by atoms with Crippen LogP contribution in [-0.4, -0.2) is 34.6 Å². The van der Waals surface area contributed by atoms with Crippen molar-refractivity contribution in [1.29, 1.82) is 0 Å². The van der Waals surface area contributed by atoms with Crippen molar-refractivity contribution in [2.24, 2.45) is 0 Å². The monoisotopic (exact) mass is 446 g/mol. The number of rotatable bonds is 9. The number of ether oxygens (including phenoxy) is 1. The Hall–Kier alpha value is -3.91. The highest BCUT2D eigenvalue weighted by Gasteiger charge is 2.16. The second-order valence-corrected chi connectivity index (χ2v) is 7.54. The van der Waals surface area contributed by atoms with Crippen molar-refractivity contribution in [3.8, 4) is 0 Å². The van der Waals surface area contributed by atoms with Crippen LogP contribution in [0.25, 0.3) is 11.0 Å². The Morgan fingerprint density at radius 3 is 2.70 bits per heavy atom. The van der Waals surface area contributed by atoms with Crippen molar-refractivity contribution in [2.75, 3.05) is 23.8 Å². The lowest BCUT2D eigenvalue weighted by Gasteiger charge is -2.12. The zero-order chi connectivity index (χ0) is 23.2. The van der Waals surface area contributed by atoms with Crippen molar-refractivity contribution in [3.63, 3.8) is 0 Å². The van der Waals surface area contributed by atoms with Gasteiger partial charge in [-0.25, -0.2) is 4.98 Å². The molecular formula is C25H26N4O4. The summed E-state index contributed by atoms with van der Waals surface area (Å²) in [6.45, 7) is 5.78. The summed E-state index contributed by atoms with van der Waals surface area (Å²) in [6, 6.07) is 16.1. The van der Waals surface area contributed by atoms with E-state index in [1.165, 1.54) is 6.26 Å². The first-order valence-corrected chi connectivity index (χ1v) is 10.9. The molecule has 0 aliphatic carbocycles. The molecule has 8 nitrogen and oxygen atoms in total. The molecular weight excluding hydrogens is 420 g/mol. The molecule has 0 saturated heterocycles. The molecule has 2 aromatic carbocycles. The first kappa shape index (κ1) is 22.3. The van der Waals surface area contributed by atoms with E-state index in [0.717, 1.165) is 23.0 Å². The number of anilines is 2. The minimum Gasteiger partial charge on any atom is -0.459 e. The van der Waals surface area contributed by atoms with E-state index in [9.17, 15) is 9.59 Å². The fourth-order valence-corrected chi connectivity index (χ4v) is 3.53. The molecule has 0 saturated carbocycles. The average Bonchev–Trinajstić information content (AvgIpc) is 3.47. The zero-order valence-electron chi connectivity index (χ0n) is 18.6. The third-order valence-electron chi connectivity index (χ3n) is 5.25. The summed E-state index contributed by atoms with van der Waals surface area (Å²) in [5, 5.41) is 5.72. The average molecular weight is 447 g/mol. The van der Waals surface area contributed by atoms with Gasteiger partial charge in [0.25, 0.3) is 11.8 Å². The number of carbonyl (C=O) groups excluding carboxylic acids is 2. The summed E-state index contributed by atoms with van der Waals surface area (Å²) in [7, 11) is 0. The molecule has 4 rings (SSSR count). The number of hydrogen-bond acceptors (Lipinski definition) is 5. The molecule has 170 valence electrons. The molecule has 0 spiro atoms. The summed E-state index contributed by atoms with van der Waals surface area (Å²) in [5.41, 5.74) is 3.52. The summed E-state index contributed by atoms with van der Waals surface area (Å²) >= 11 is 0. The number of amides is 2. The van der Waals surface area contributed by atoms with Gasteiger partial charge in [-0.3, -0.25) is 14.9 Å². The van der Waals surface area contributed by atoms with Crippen LogP contribution < -0.4 is 10.6 Å². The van der Waals surface area contributed by atoms with Crippen LogP contribution in [0.4, 0.5) is 11.6 Å². The molecule has 4 aromatic rings. The van der Waals surface area contributed by atoms with Crippen LogP contribution in [-0.2, 0) is 11.3 Å². The Morgan fingerprint density at radius 2 is 1.91 bits per heavy atom. The summed E-state index contributed by atoms with van der Waals surface area (Å²) in [4.78, 5) is 30.0. The topological polar surface area (TPSA) is 98.4 Å². The van der Waals surface area contributed by atoms with E-state index in [4.69, 9.17) is 9.15 Å². The normalized spacial score (nSPS) is 11.0. The second-order valence-electron chi connectivity index (χ2n) is 7.54. The fraction of sp³-hybridized carbons (Fsp3) is 0.240. The maximum Gasteiger partial charge on any atom is 0.291 e. The Morgan fingerprint density at radius 1 is 1.06 bits per heavy atom. The maximum atomic E-state index is 13.1. The molecule has 8 heteroatoms. The van der Waals surface area contributed by atoms with Crippen LogP contribution in [0.3, 0.4) is 0 Å². The van der Waals surface area contributed by atoms with Crippen LogP contribution in [0, 0.1) is 6.92 Å². The number of imidazole rings is 1. The number of para-hydroxylation sites is 2. The lowest BCUT2D eigenvalue weighted by atomic mass is 10.1. The van der Waals surface area contributed by atoms with Crippen LogP contribution in [0.15, 0.2) is 65.3 Å². The summed E-state index contributed by atoms with van der Waals surface area (Å²) in [6.07, 6.45) is 2.23. The van der Waals surface area contributed by atoms with Gasteiger partial charge >= 0.3 is 0 Å². The highest BCUT2D eigenvalue weighted by atomic mass is 16.5. The standard InChI is InChI=1S/C25H26N4O4/c1-3-32-14-7-13-29-21-9-5-4-8-19(21)27-25(29)28-23(30)18-12-11-17(2)20(16-18)26-24(31)22-10-6-15-33-22/h4-6,8-12,15-16H,3,7,13-14H2,1-2H3,(H,26,31)(H,27,28,30). The smallest absolute Gasteiger partial charge is 0.291 e. The predicted molar refractivity (Wildman–Crippen MR) is 127 cm³/mol. The van der Waals surface area contributed by atoms with Gasteiger partial charge in [-0.15, -0.1) is 0 Å². The molecule has 0 unspecified atom stereocenters. The van der Waals surface area contributed by atoms with Crippen LogP contribution >= 0.6 is 0 Å². The van der Waals surface area contributed by atoms with Gasteiger partial charge in [0.1, 0.15) is 0 Å². The van der Waals surface area contributed by atoms with E-state index < -0.39 is 0 Å². The highest BCUT2D eigenvalue weighted by Crippen LogP contribution is 2.22. The molecule has 2 heterocycles. The SMILES string of the molecule is CCOCCCn1c(NC(=O)c2ccc(C)c(NC(=O)c3ccco3)c2)nc2ccccc21. The first-order valence-electron chi connectivity index (χ1n) is 10.9. The lowest BCUT2D eigenvalue weighted by Crippen LogP contribution is -2.18. The van der Waals surface area contributed by atoms with Crippen molar-refractivity contribution in [1.82, 2.24) is 9.55 Å². The Balaban J connectivity index is 1.55. The molecule has 0 radical (unpaired) electrons. The largest absolute Gasteiger partial charge is 0.459 e. The fourth-order valence-electron chi connectivity index (χ4n) is 3.53. The number of aromatic nitrogens is 2. The Kier molecular flexibility index (Phi) is 6.85. The summed E-state index contributed by atoms with van der Waals surface area (Å²) in [5.74, 6) is -0.0221. The molecule has 0 bridgehead atoms. The van der Waals surface area contributed by atoms with Gasteiger partial charge in [0, 0.05) is 31.0 Å². The molecule has 0 aliphatic heterocycles. The zero-order valence-corrected chi connectivity index (χ0v) is 18.6. The lowest BCUT2D eigenvalue weighted by molar-refractivity contribution is 0.0993. The number of fused-ring (bicyclic) bond motifs is 1. The van der Waals surface area contributed by atoms with Crippen molar-refractivity contribution in [2.45, 2.75) is 26.8 Å². The van der Waals surface area contributed by atoms with E-state index in [2.05, 4.69) is 15.6 Å². The van der Waals surface area contributed by atoms with Crippen molar-refractivity contribution < 1.29 is 18.7 Å². The third-order valence-corrected chi connectivity index (χ3v) is 5.25. The molecule has 33 heavy (non-hydrogen) atoms. The third kappa shape index (κ3) is 5.12.